The molecule has 3 aromatic heterocycles. The van der Waals surface area contributed by atoms with Crippen molar-refractivity contribution < 1.29 is 19.1 Å². The van der Waals surface area contributed by atoms with Gasteiger partial charge in [-0.3, -0.25) is 4.79 Å². The molecule has 0 spiro atoms. The molecule has 2 aliphatic rings. The minimum Gasteiger partial charge on any atom is -0.457 e. The number of rotatable bonds is 2. The summed E-state index contributed by atoms with van der Waals surface area (Å²) in [5, 5.41) is 0.984. The van der Waals surface area contributed by atoms with Crippen molar-refractivity contribution in [2.24, 2.45) is 0 Å². The Kier molecular flexibility index (Phi) is 4.04. The van der Waals surface area contributed by atoms with Gasteiger partial charge >= 0.3 is 12.1 Å². The summed E-state index contributed by atoms with van der Waals surface area (Å²) in [7, 11) is 0. The van der Waals surface area contributed by atoms with E-state index in [1.807, 2.05) is 30.3 Å². The minimum atomic E-state index is -1.75. The second kappa shape index (κ2) is 6.86. The minimum absolute atomic E-state index is 0.0974. The first kappa shape index (κ1) is 19.4. The van der Waals surface area contributed by atoms with Gasteiger partial charge < -0.3 is 14.0 Å². The van der Waals surface area contributed by atoms with Crippen molar-refractivity contribution in [1.82, 2.24) is 19.1 Å². The Hall–Kier alpha value is -4.27. The van der Waals surface area contributed by atoms with Gasteiger partial charge in [-0.15, -0.1) is 0 Å². The molecule has 0 N–H and O–H groups in total. The van der Waals surface area contributed by atoms with Crippen LogP contribution in [0.15, 0.2) is 59.9 Å². The second-order valence-corrected chi connectivity index (χ2v) is 8.10. The molecule has 6 rings (SSSR count). The van der Waals surface area contributed by atoms with Crippen LogP contribution in [-0.2, 0) is 33.0 Å². The number of para-hydroxylation sites is 1. The van der Waals surface area contributed by atoms with E-state index in [9.17, 15) is 14.4 Å². The Morgan fingerprint density at radius 1 is 1.24 bits per heavy atom. The fourth-order valence-electron chi connectivity index (χ4n) is 4.65. The number of aromatic nitrogens is 4. The summed E-state index contributed by atoms with van der Waals surface area (Å²) in [6, 6.07) is 11.5. The van der Waals surface area contributed by atoms with Crippen LogP contribution >= 0.6 is 0 Å². The van der Waals surface area contributed by atoms with Gasteiger partial charge in [0.15, 0.2) is 0 Å². The number of hydrogen-bond acceptors (Lipinski definition) is 7. The molecule has 0 fully saturated rings. The molecule has 0 unspecified atom stereocenters. The van der Waals surface area contributed by atoms with E-state index in [2.05, 4.69) is 4.98 Å². The first-order valence-corrected chi connectivity index (χ1v) is 10.6. The summed E-state index contributed by atoms with van der Waals surface area (Å²) in [6.45, 7) is 1.90. The SMILES string of the molecule is CC[C@@]1(OC(=O)n2ccnc2)C(=O)OCc2c1cc1n(c2=O)Cc2cc3ccccc3nc2-1. The van der Waals surface area contributed by atoms with Crippen molar-refractivity contribution in [3.8, 4) is 11.4 Å². The summed E-state index contributed by atoms with van der Waals surface area (Å²) >= 11 is 0. The number of cyclic esters (lactones) is 1. The molecule has 1 aromatic carbocycles. The zero-order chi connectivity index (χ0) is 22.7. The molecule has 164 valence electrons. The van der Waals surface area contributed by atoms with Gasteiger partial charge in [0, 0.05) is 28.9 Å². The third kappa shape index (κ3) is 2.68. The molecule has 0 aliphatic carbocycles. The smallest absolute Gasteiger partial charge is 0.420 e. The fourth-order valence-corrected chi connectivity index (χ4v) is 4.65. The van der Waals surface area contributed by atoms with Gasteiger partial charge in [0.25, 0.3) is 5.56 Å². The van der Waals surface area contributed by atoms with Crippen LogP contribution in [0.1, 0.15) is 30.0 Å². The molecule has 0 bridgehead atoms. The molecule has 5 heterocycles. The van der Waals surface area contributed by atoms with Crippen molar-refractivity contribution in [3.05, 3.63) is 82.2 Å². The highest BCUT2D eigenvalue weighted by atomic mass is 16.6. The van der Waals surface area contributed by atoms with Crippen molar-refractivity contribution in [1.29, 1.82) is 0 Å². The van der Waals surface area contributed by atoms with Crippen molar-refractivity contribution >= 4 is 23.0 Å². The number of fused-ring (bicyclic) bond motifs is 5. The molecule has 9 nitrogen and oxygen atoms in total. The van der Waals surface area contributed by atoms with Crippen LogP contribution in [0.25, 0.3) is 22.3 Å². The lowest BCUT2D eigenvalue weighted by molar-refractivity contribution is -0.172. The summed E-state index contributed by atoms with van der Waals surface area (Å²) in [5.74, 6) is -0.708. The van der Waals surface area contributed by atoms with Gasteiger partial charge in [-0.05, 0) is 24.6 Å². The second-order valence-electron chi connectivity index (χ2n) is 8.10. The van der Waals surface area contributed by atoms with Crippen LogP contribution in [0, 0.1) is 0 Å². The van der Waals surface area contributed by atoms with E-state index in [0.29, 0.717) is 29.1 Å². The maximum atomic E-state index is 13.5. The topological polar surface area (TPSA) is 105 Å². The van der Waals surface area contributed by atoms with Gasteiger partial charge in [0.2, 0.25) is 5.60 Å². The number of imidazole rings is 1. The third-order valence-electron chi connectivity index (χ3n) is 6.36. The van der Waals surface area contributed by atoms with Gasteiger partial charge in [0.1, 0.15) is 12.9 Å². The maximum absolute atomic E-state index is 13.5. The number of ether oxygens (including phenoxy) is 2. The number of hydrogen-bond donors (Lipinski definition) is 0. The number of nitrogens with zero attached hydrogens (tertiary/aromatic N) is 4. The van der Waals surface area contributed by atoms with E-state index in [-0.39, 0.29) is 18.6 Å². The molecule has 4 aromatic rings. The molecular weight excluding hydrogens is 424 g/mol. The highest BCUT2D eigenvalue weighted by Crippen LogP contribution is 2.41. The Bertz CT molecular complexity index is 1520. The summed E-state index contributed by atoms with van der Waals surface area (Å²) in [4.78, 5) is 47.9. The molecule has 1 atom stereocenters. The van der Waals surface area contributed by atoms with Crippen molar-refractivity contribution in [2.75, 3.05) is 0 Å². The fraction of sp³-hybridized carbons (Fsp3) is 0.208. The van der Waals surface area contributed by atoms with E-state index in [4.69, 9.17) is 14.5 Å². The Balaban J connectivity index is 1.55. The standard InChI is InChI=1S/C24H18N4O5/c1-2-24(33-23(31)27-8-7-25-13-27)17-10-19-20-15(9-14-5-3-4-6-18(14)26-20)11-28(19)21(29)16(17)12-32-22(24)30/h3-10,13H,2,11-12H2,1H3/t24-/m0/s1. The summed E-state index contributed by atoms with van der Waals surface area (Å²) in [5.41, 5.74) is 1.60. The van der Waals surface area contributed by atoms with Gasteiger partial charge in [-0.2, -0.15) is 0 Å². The Morgan fingerprint density at radius 3 is 2.88 bits per heavy atom. The number of carbonyl (C=O) groups is 2. The molecule has 0 saturated heterocycles. The van der Waals surface area contributed by atoms with Crippen molar-refractivity contribution in [2.45, 2.75) is 32.1 Å². The Labute approximate surface area is 187 Å². The monoisotopic (exact) mass is 442 g/mol. The van der Waals surface area contributed by atoms with E-state index < -0.39 is 17.7 Å². The van der Waals surface area contributed by atoms with Gasteiger partial charge in [-0.1, -0.05) is 25.1 Å². The number of benzene rings is 1. The zero-order valence-electron chi connectivity index (χ0n) is 17.6. The summed E-state index contributed by atoms with van der Waals surface area (Å²) in [6.07, 6.45) is 3.44. The number of esters is 1. The average Bonchev–Trinajstić information content (AvgIpc) is 3.48. The zero-order valence-corrected chi connectivity index (χ0v) is 17.6. The molecule has 0 saturated carbocycles. The first-order valence-electron chi connectivity index (χ1n) is 10.6. The average molecular weight is 442 g/mol. The number of pyridine rings is 2. The van der Waals surface area contributed by atoms with Crippen LogP contribution < -0.4 is 5.56 Å². The summed E-state index contributed by atoms with van der Waals surface area (Å²) < 4.78 is 13.8. The van der Waals surface area contributed by atoms with E-state index >= 15 is 0 Å². The largest absolute Gasteiger partial charge is 0.457 e. The lowest BCUT2D eigenvalue weighted by Gasteiger charge is -2.35. The van der Waals surface area contributed by atoms with Crippen molar-refractivity contribution in [3.63, 3.8) is 0 Å². The highest BCUT2D eigenvalue weighted by Gasteiger charge is 2.50. The van der Waals surface area contributed by atoms with Gasteiger partial charge in [-0.25, -0.2) is 24.1 Å². The third-order valence-corrected chi connectivity index (χ3v) is 6.36. The van der Waals surface area contributed by atoms with E-state index in [1.165, 1.54) is 18.7 Å². The molecule has 33 heavy (non-hydrogen) atoms. The highest BCUT2D eigenvalue weighted by molar-refractivity contribution is 5.88. The number of carbonyl (C=O) groups excluding carboxylic acids is 2. The predicted octanol–water partition coefficient (Wildman–Crippen LogP) is 2.97. The van der Waals surface area contributed by atoms with Crippen LogP contribution in [0.2, 0.25) is 0 Å². The maximum Gasteiger partial charge on any atom is 0.420 e. The lowest BCUT2D eigenvalue weighted by atomic mass is 9.85. The quantitative estimate of drug-likeness (QED) is 0.387. The van der Waals surface area contributed by atoms with Gasteiger partial charge in [0.05, 0.1) is 29.0 Å². The normalized spacial score (nSPS) is 18.4. The van der Waals surface area contributed by atoms with Crippen LogP contribution in [0.4, 0.5) is 4.79 Å². The van der Waals surface area contributed by atoms with E-state index in [1.54, 1.807) is 17.6 Å². The van der Waals surface area contributed by atoms with Crippen LogP contribution in [-0.4, -0.2) is 31.2 Å². The van der Waals surface area contributed by atoms with Crippen LogP contribution in [0.3, 0.4) is 0 Å². The molecule has 9 heteroatoms. The Morgan fingerprint density at radius 2 is 2.09 bits per heavy atom. The molecule has 0 amide bonds. The molecular formula is C24H18N4O5. The predicted molar refractivity (Wildman–Crippen MR) is 116 cm³/mol. The molecule has 2 aliphatic heterocycles. The van der Waals surface area contributed by atoms with E-state index in [0.717, 1.165) is 21.0 Å². The first-order chi connectivity index (χ1) is 16.0. The van der Waals surface area contributed by atoms with Crippen LogP contribution in [0.5, 0.6) is 0 Å². The molecule has 0 radical (unpaired) electrons. The lowest BCUT2D eigenvalue weighted by Crippen LogP contribution is -2.48.